The van der Waals surface area contributed by atoms with Crippen molar-refractivity contribution in [3.05, 3.63) is 11.9 Å². The van der Waals surface area contributed by atoms with Crippen molar-refractivity contribution in [1.82, 2.24) is 9.97 Å². The second kappa shape index (κ2) is 5.89. The van der Waals surface area contributed by atoms with Crippen LogP contribution in [0.25, 0.3) is 0 Å². The van der Waals surface area contributed by atoms with Crippen LogP contribution in [0, 0.1) is 0 Å². The number of ether oxygens (including phenoxy) is 3. The van der Waals surface area contributed by atoms with E-state index in [2.05, 4.69) is 9.97 Å². The lowest BCUT2D eigenvalue weighted by Gasteiger charge is -2.05. The van der Waals surface area contributed by atoms with Crippen LogP contribution in [0.5, 0.6) is 11.8 Å². The lowest BCUT2D eigenvalue weighted by Crippen LogP contribution is -2.11. The van der Waals surface area contributed by atoms with Gasteiger partial charge in [-0.2, -0.15) is 9.97 Å². The number of nitrogens with zero attached hydrogens (tertiary/aromatic N) is 2. The van der Waals surface area contributed by atoms with Gasteiger partial charge < -0.3 is 14.2 Å². The van der Waals surface area contributed by atoms with Gasteiger partial charge >= 0.3 is 5.97 Å². The van der Waals surface area contributed by atoms with E-state index in [1.165, 1.54) is 20.3 Å². The van der Waals surface area contributed by atoms with Gasteiger partial charge in [-0.05, 0) is 6.42 Å². The summed E-state index contributed by atoms with van der Waals surface area (Å²) >= 11 is 0. The molecule has 1 heterocycles. The van der Waals surface area contributed by atoms with Crippen molar-refractivity contribution in [2.75, 3.05) is 20.8 Å². The van der Waals surface area contributed by atoms with Crippen LogP contribution >= 0.6 is 0 Å². The fourth-order valence-corrected chi connectivity index (χ4v) is 0.964. The van der Waals surface area contributed by atoms with Gasteiger partial charge in [0.2, 0.25) is 17.6 Å². The molecule has 16 heavy (non-hydrogen) atoms. The van der Waals surface area contributed by atoms with Crippen LogP contribution in [-0.4, -0.2) is 36.8 Å². The van der Waals surface area contributed by atoms with Gasteiger partial charge in [0.25, 0.3) is 0 Å². The molecule has 0 aromatic carbocycles. The number of carbonyl (C=O) groups is 1. The molecule has 0 radical (unpaired) electrons. The average Bonchev–Trinajstić information content (AvgIpc) is 2.35. The van der Waals surface area contributed by atoms with Gasteiger partial charge in [-0.25, -0.2) is 4.79 Å². The van der Waals surface area contributed by atoms with Crippen molar-refractivity contribution in [2.45, 2.75) is 13.3 Å². The molecule has 0 N–H and O–H groups in total. The first kappa shape index (κ1) is 12.2. The van der Waals surface area contributed by atoms with Crippen LogP contribution in [0.15, 0.2) is 6.07 Å². The monoisotopic (exact) mass is 226 g/mol. The first-order valence-electron chi connectivity index (χ1n) is 4.85. The van der Waals surface area contributed by atoms with Crippen LogP contribution in [0.4, 0.5) is 0 Å². The summed E-state index contributed by atoms with van der Waals surface area (Å²) in [6.07, 6.45) is 0.743. The Morgan fingerprint density at radius 1 is 1.25 bits per heavy atom. The fraction of sp³-hybridized carbons (Fsp3) is 0.500. The molecule has 0 fully saturated rings. The van der Waals surface area contributed by atoms with Crippen molar-refractivity contribution in [1.29, 1.82) is 0 Å². The maximum Gasteiger partial charge on any atom is 0.376 e. The van der Waals surface area contributed by atoms with Crippen molar-refractivity contribution >= 4 is 5.97 Å². The smallest absolute Gasteiger partial charge is 0.376 e. The summed E-state index contributed by atoms with van der Waals surface area (Å²) in [4.78, 5) is 19.2. The number of aromatic nitrogens is 2. The molecule has 1 aromatic heterocycles. The molecule has 0 aliphatic carbocycles. The highest BCUT2D eigenvalue weighted by Gasteiger charge is 2.14. The summed E-state index contributed by atoms with van der Waals surface area (Å²) in [5.74, 6) is -0.130. The standard InChI is InChI=1S/C10H14N2O4/c1-4-5-16-10(13)9-11-7(14-2)6-8(12-9)15-3/h6H,4-5H2,1-3H3. The topological polar surface area (TPSA) is 70.5 Å². The quantitative estimate of drug-likeness (QED) is 0.699. The summed E-state index contributed by atoms with van der Waals surface area (Å²) in [6, 6.07) is 1.48. The minimum absolute atomic E-state index is 0.0651. The van der Waals surface area contributed by atoms with Gasteiger partial charge in [-0.3, -0.25) is 0 Å². The molecular formula is C10H14N2O4. The summed E-state index contributed by atoms with van der Waals surface area (Å²) in [7, 11) is 2.89. The molecule has 0 aliphatic heterocycles. The summed E-state index contributed by atoms with van der Waals surface area (Å²) in [5, 5.41) is 0. The predicted octanol–water partition coefficient (Wildman–Crippen LogP) is 1.06. The SMILES string of the molecule is CCCOC(=O)c1nc(OC)cc(OC)n1. The fourth-order valence-electron chi connectivity index (χ4n) is 0.964. The van der Waals surface area contributed by atoms with Gasteiger partial charge in [-0.1, -0.05) is 6.92 Å². The largest absolute Gasteiger partial charge is 0.481 e. The Bertz CT molecular complexity index is 346. The van der Waals surface area contributed by atoms with Crippen LogP contribution in [0.2, 0.25) is 0 Å². The molecule has 0 amide bonds. The molecule has 6 nitrogen and oxygen atoms in total. The summed E-state index contributed by atoms with van der Waals surface area (Å²) in [5.41, 5.74) is 0. The van der Waals surface area contributed by atoms with E-state index in [0.29, 0.717) is 6.61 Å². The molecule has 1 aromatic rings. The zero-order valence-corrected chi connectivity index (χ0v) is 9.52. The third-order valence-corrected chi connectivity index (χ3v) is 1.72. The Labute approximate surface area is 93.6 Å². The lowest BCUT2D eigenvalue weighted by molar-refractivity contribution is 0.0488. The van der Waals surface area contributed by atoms with Crippen molar-refractivity contribution in [2.24, 2.45) is 0 Å². The van der Waals surface area contributed by atoms with Crippen LogP contribution in [0.1, 0.15) is 24.0 Å². The first-order valence-corrected chi connectivity index (χ1v) is 4.85. The molecule has 0 saturated heterocycles. The van der Waals surface area contributed by atoms with Gasteiger partial charge in [0, 0.05) is 0 Å². The van der Waals surface area contributed by atoms with E-state index in [-0.39, 0.29) is 17.6 Å². The van der Waals surface area contributed by atoms with Gasteiger partial charge in [-0.15, -0.1) is 0 Å². The number of rotatable bonds is 5. The Hall–Kier alpha value is -1.85. The Morgan fingerprint density at radius 3 is 2.25 bits per heavy atom. The Balaban J connectivity index is 2.89. The van der Waals surface area contributed by atoms with Gasteiger partial charge in [0.1, 0.15) is 0 Å². The molecule has 6 heteroatoms. The molecule has 0 bridgehead atoms. The van der Waals surface area contributed by atoms with Crippen LogP contribution in [0.3, 0.4) is 0 Å². The minimum atomic E-state index is -0.584. The zero-order chi connectivity index (χ0) is 12.0. The first-order chi connectivity index (χ1) is 7.71. The van der Waals surface area contributed by atoms with E-state index in [9.17, 15) is 4.79 Å². The van der Waals surface area contributed by atoms with E-state index in [0.717, 1.165) is 6.42 Å². The highest BCUT2D eigenvalue weighted by Crippen LogP contribution is 2.15. The predicted molar refractivity (Wildman–Crippen MR) is 55.7 cm³/mol. The lowest BCUT2D eigenvalue weighted by atomic mass is 10.5. The minimum Gasteiger partial charge on any atom is -0.481 e. The molecule has 0 atom stereocenters. The second-order valence-electron chi connectivity index (χ2n) is 2.91. The number of hydrogen-bond acceptors (Lipinski definition) is 6. The molecular weight excluding hydrogens is 212 g/mol. The van der Waals surface area contributed by atoms with Crippen molar-refractivity contribution in [3.63, 3.8) is 0 Å². The maximum absolute atomic E-state index is 11.5. The van der Waals surface area contributed by atoms with Crippen LogP contribution in [-0.2, 0) is 4.74 Å². The summed E-state index contributed by atoms with van der Waals surface area (Å²) < 4.78 is 14.7. The Morgan fingerprint density at radius 2 is 1.81 bits per heavy atom. The number of esters is 1. The maximum atomic E-state index is 11.5. The highest BCUT2D eigenvalue weighted by molar-refractivity contribution is 5.85. The van der Waals surface area contributed by atoms with E-state index in [1.54, 1.807) is 0 Å². The Kier molecular flexibility index (Phi) is 4.50. The molecule has 0 aliphatic rings. The third kappa shape index (κ3) is 3.08. The molecule has 0 spiro atoms. The second-order valence-corrected chi connectivity index (χ2v) is 2.91. The number of methoxy groups -OCH3 is 2. The molecule has 0 saturated carbocycles. The van der Waals surface area contributed by atoms with E-state index in [4.69, 9.17) is 14.2 Å². The van der Waals surface area contributed by atoms with E-state index < -0.39 is 5.97 Å². The van der Waals surface area contributed by atoms with Crippen LogP contribution < -0.4 is 9.47 Å². The number of carbonyl (C=O) groups excluding carboxylic acids is 1. The van der Waals surface area contributed by atoms with Gasteiger partial charge in [0.05, 0.1) is 26.9 Å². The molecule has 88 valence electrons. The van der Waals surface area contributed by atoms with E-state index in [1.807, 2.05) is 6.92 Å². The molecule has 1 rings (SSSR count). The van der Waals surface area contributed by atoms with Crippen molar-refractivity contribution < 1.29 is 19.0 Å². The van der Waals surface area contributed by atoms with Gasteiger partial charge in [0.15, 0.2) is 0 Å². The zero-order valence-electron chi connectivity index (χ0n) is 9.52. The summed E-state index contributed by atoms with van der Waals surface area (Å²) in [6.45, 7) is 2.24. The average molecular weight is 226 g/mol. The molecule has 0 unspecified atom stereocenters. The highest BCUT2D eigenvalue weighted by atomic mass is 16.5. The van der Waals surface area contributed by atoms with E-state index >= 15 is 0 Å². The third-order valence-electron chi connectivity index (χ3n) is 1.72. The normalized spacial score (nSPS) is 9.69. The number of hydrogen-bond donors (Lipinski definition) is 0. The van der Waals surface area contributed by atoms with Crippen molar-refractivity contribution in [3.8, 4) is 11.8 Å².